The van der Waals surface area contributed by atoms with Gasteiger partial charge in [0.2, 0.25) is 5.95 Å². The molecule has 0 amide bonds. The second kappa shape index (κ2) is 7.94. The van der Waals surface area contributed by atoms with Crippen molar-refractivity contribution in [2.45, 2.75) is 24.4 Å². The topological polar surface area (TPSA) is 85.9 Å². The number of nitrogens with zero attached hydrogens (tertiary/aromatic N) is 5. The zero-order valence-electron chi connectivity index (χ0n) is 15.7. The summed E-state index contributed by atoms with van der Waals surface area (Å²) in [5, 5.41) is 20.6. The van der Waals surface area contributed by atoms with Gasteiger partial charge in [0.1, 0.15) is 11.7 Å². The second-order valence-corrected chi connectivity index (χ2v) is 7.12. The van der Waals surface area contributed by atoms with Gasteiger partial charge in [0, 0.05) is 25.5 Å². The van der Waals surface area contributed by atoms with E-state index in [1.54, 1.807) is 42.7 Å². The van der Waals surface area contributed by atoms with E-state index >= 15 is 0 Å². The summed E-state index contributed by atoms with van der Waals surface area (Å²) in [6.07, 6.45) is 4.26. The van der Waals surface area contributed by atoms with E-state index in [0.29, 0.717) is 48.8 Å². The summed E-state index contributed by atoms with van der Waals surface area (Å²) in [7, 11) is 0. The average molecular weight is 389 g/mol. The van der Waals surface area contributed by atoms with Gasteiger partial charge in [-0.2, -0.15) is 5.26 Å². The molecule has 0 saturated carbocycles. The van der Waals surface area contributed by atoms with E-state index in [1.165, 1.54) is 12.1 Å². The molecule has 29 heavy (non-hydrogen) atoms. The van der Waals surface area contributed by atoms with Gasteiger partial charge in [-0.05, 0) is 48.7 Å². The van der Waals surface area contributed by atoms with Crippen molar-refractivity contribution >= 4 is 5.95 Å². The SMILES string of the molecule is N#CC(c1ccccn1)c1ccnc(N2CCC(O)(c3ccc(F)cc3)CC2)n1. The van der Waals surface area contributed by atoms with Crippen LogP contribution >= 0.6 is 0 Å². The normalized spacial score (nSPS) is 16.8. The number of pyridine rings is 1. The molecule has 0 bridgehead atoms. The minimum atomic E-state index is -0.995. The second-order valence-electron chi connectivity index (χ2n) is 7.12. The quantitative estimate of drug-likeness (QED) is 0.738. The van der Waals surface area contributed by atoms with Crippen molar-refractivity contribution in [2.75, 3.05) is 18.0 Å². The number of piperidine rings is 1. The summed E-state index contributed by atoms with van der Waals surface area (Å²) in [4.78, 5) is 15.2. The Morgan fingerprint density at radius 3 is 2.41 bits per heavy atom. The van der Waals surface area contributed by atoms with Crippen LogP contribution in [0.5, 0.6) is 0 Å². The van der Waals surface area contributed by atoms with Gasteiger partial charge >= 0.3 is 0 Å². The molecule has 146 valence electrons. The van der Waals surface area contributed by atoms with Crippen molar-refractivity contribution in [1.29, 1.82) is 5.26 Å². The van der Waals surface area contributed by atoms with Crippen LogP contribution in [0.2, 0.25) is 0 Å². The standard InChI is InChI=1S/C22H20FN5O/c23-17-6-4-16(5-7-17)22(29)9-13-28(14-10-22)21-26-12-8-20(27-21)18(15-24)19-3-1-2-11-25-19/h1-8,11-12,18,29H,9-10,13-14H2. The lowest BCUT2D eigenvalue weighted by molar-refractivity contribution is 0.0115. The molecule has 1 unspecified atom stereocenters. The van der Waals surface area contributed by atoms with Gasteiger partial charge in [0.25, 0.3) is 0 Å². The van der Waals surface area contributed by atoms with Gasteiger partial charge in [0.15, 0.2) is 0 Å². The molecule has 0 radical (unpaired) electrons. The maximum Gasteiger partial charge on any atom is 0.225 e. The van der Waals surface area contributed by atoms with Crippen molar-refractivity contribution < 1.29 is 9.50 Å². The Balaban J connectivity index is 1.51. The molecular weight excluding hydrogens is 369 g/mol. The maximum atomic E-state index is 13.2. The van der Waals surface area contributed by atoms with Crippen molar-refractivity contribution in [1.82, 2.24) is 15.0 Å². The van der Waals surface area contributed by atoms with E-state index in [1.807, 2.05) is 11.0 Å². The first-order valence-corrected chi connectivity index (χ1v) is 9.46. The van der Waals surface area contributed by atoms with E-state index in [2.05, 4.69) is 21.0 Å². The number of nitriles is 1. The fourth-order valence-corrected chi connectivity index (χ4v) is 3.63. The minimum absolute atomic E-state index is 0.319. The number of aliphatic hydroxyl groups is 1. The molecule has 1 atom stereocenters. The van der Waals surface area contributed by atoms with Crippen molar-refractivity contribution in [2.24, 2.45) is 0 Å². The summed E-state index contributed by atoms with van der Waals surface area (Å²) < 4.78 is 13.2. The zero-order valence-corrected chi connectivity index (χ0v) is 15.7. The third-order valence-corrected chi connectivity index (χ3v) is 5.33. The molecule has 1 aliphatic heterocycles. The number of hydrogen-bond acceptors (Lipinski definition) is 6. The largest absolute Gasteiger partial charge is 0.385 e. The summed E-state index contributed by atoms with van der Waals surface area (Å²) in [5.74, 6) is -0.362. The zero-order chi connectivity index (χ0) is 20.3. The van der Waals surface area contributed by atoms with Crippen LogP contribution in [0.4, 0.5) is 10.3 Å². The van der Waals surface area contributed by atoms with Crippen LogP contribution in [0, 0.1) is 17.1 Å². The van der Waals surface area contributed by atoms with Crippen LogP contribution in [0.25, 0.3) is 0 Å². The number of benzene rings is 1. The van der Waals surface area contributed by atoms with Gasteiger partial charge in [-0.1, -0.05) is 18.2 Å². The molecule has 4 rings (SSSR count). The van der Waals surface area contributed by atoms with Crippen LogP contribution in [-0.4, -0.2) is 33.1 Å². The van der Waals surface area contributed by atoms with Crippen LogP contribution in [0.15, 0.2) is 60.9 Å². The molecule has 6 nitrogen and oxygen atoms in total. The van der Waals surface area contributed by atoms with Crippen molar-refractivity contribution in [3.05, 3.63) is 83.7 Å². The van der Waals surface area contributed by atoms with E-state index in [-0.39, 0.29) is 5.82 Å². The average Bonchev–Trinajstić information content (AvgIpc) is 2.76. The van der Waals surface area contributed by atoms with Crippen LogP contribution < -0.4 is 4.90 Å². The molecule has 1 fully saturated rings. The Morgan fingerprint density at radius 1 is 1.00 bits per heavy atom. The molecule has 2 aromatic heterocycles. The molecule has 1 aromatic carbocycles. The first-order valence-electron chi connectivity index (χ1n) is 9.46. The third kappa shape index (κ3) is 3.93. The Morgan fingerprint density at radius 2 is 1.76 bits per heavy atom. The fourth-order valence-electron chi connectivity index (χ4n) is 3.63. The van der Waals surface area contributed by atoms with Crippen LogP contribution in [0.1, 0.15) is 35.7 Å². The van der Waals surface area contributed by atoms with Gasteiger partial charge in [-0.25, -0.2) is 14.4 Å². The predicted molar refractivity (Wildman–Crippen MR) is 105 cm³/mol. The molecule has 0 aliphatic carbocycles. The summed E-state index contributed by atoms with van der Waals surface area (Å²) in [6, 6.07) is 15.4. The lowest BCUT2D eigenvalue weighted by atomic mass is 9.84. The Bertz CT molecular complexity index is 1010. The highest BCUT2D eigenvalue weighted by molar-refractivity contribution is 5.37. The number of anilines is 1. The number of rotatable bonds is 4. The molecule has 3 heterocycles. The summed E-state index contributed by atoms with van der Waals surface area (Å²) in [5.41, 5.74) is 0.956. The first kappa shape index (κ1) is 19.0. The van der Waals surface area contributed by atoms with Gasteiger partial charge in [0.05, 0.1) is 23.1 Å². The number of hydrogen-bond donors (Lipinski definition) is 1. The lowest BCUT2D eigenvalue weighted by Crippen LogP contribution is -2.43. The summed E-state index contributed by atoms with van der Waals surface area (Å²) >= 11 is 0. The molecule has 3 aromatic rings. The minimum Gasteiger partial charge on any atom is -0.385 e. The smallest absolute Gasteiger partial charge is 0.225 e. The third-order valence-electron chi connectivity index (χ3n) is 5.33. The Hall–Kier alpha value is -3.37. The van der Waals surface area contributed by atoms with Gasteiger partial charge in [-0.15, -0.1) is 0 Å². The fraction of sp³-hybridized carbons (Fsp3) is 0.273. The molecule has 1 N–H and O–H groups in total. The Kier molecular flexibility index (Phi) is 5.19. The molecule has 1 aliphatic rings. The monoisotopic (exact) mass is 389 g/mol. The van der Waals surface area contributed by atoms with E-state index in [4.69, 9.17) is 0 Å². The predicted octanol–water partition coefficient (Wildman–Crippen LogP) is 3.15. The summed E-state index contributed by atoms with van der Waals surface area (Å²) in [6.45, 7) is 1.11. The van der Waals surface area contributed by atoms with Gasteiger partial charge < -0.3 is 10.0 Å². The lowest BCUT2D eigenvalue weighted by Gasteiger charge is -2.38. The highest BCUT2D eigenvalue weighted by atomic mass is 19.1. The first-order chi connectivity index (χ1) is 14.1. The number of halogens is 1. The van der Waals surface area contributed by atoms with E-state index in [0.717, 1.165) is 0 Å². The Labute approximate surface area is 168 Å². The molecule has 0 spiro atoms. The van der Waals surface area contributed by atoms with E-state index < -0.39 is 11.5 Å². The van der Waals surface area contributed by atoms with Crippen LogP contribution in [-0.2, 0) is 5.60 Å². The molecule has 1 saturated heterocycles. The number of aromatic nitrogens is 3. The highest BCUT2D eigenvalue weighted by Crippen LogP contribution is 2.34. The maximum absolute atomic E-state index is 13.2. The van der Waals surface area contributed by atoms with Crippen LogP contribution in [0.3, 0.4) is 0 Å². The van der Waals surface area contributed by atoms with Crippen molar-refractivity contribution in [3.8, 4) is 6.07 Å². The van der Waals surface area contributed by atoms with Crippen molar-refractivity contribution in [3.63, 3.8) is 0 Å². The molecular formula is C22H20FN5O. The molecule has 7 heteroatoms. The highest BCUT2D eigenvalue weighted by Gasteiger charge is 2.35. The van der Waals surface area contributed by atoms with Gasteiger partial charge in [-0.3, -0.25) is 4.98 Å². The van der Waals surface area contributed by atoms with E-state index in [9.17, 15) is 14.8 Å².